The van der Waals surface area contributed by atoms with Gasteiger partial charge in [0.1, 0.15) is 5.76 Å². The zero-order valence-corrected chi connectivity index (χ0v) is 10.6. The Bertz CT molecular complexity index is 612. The van der Waals surface area contributed by atoms with Crippen LogP contribution in [0.1, 0.15) is 11.3 Å². The van der Waals surface area contributed by atoms with Gasteiger partial charge in [-0.15, -0.1) is 0 Å². The number of benzene rings is 1. The van der Waals surface area contributed by atoms with E-state index in [4.69, 9.17) is 4.42 Å². The van der Waals surface area contributed by atoms with Crippen LogP contribution in [0.5, 0.6) is 0 Å². The second kappa shape index (κ2) is 5.53. The van der Waals surface area contributed by atoms with E-state index in [0.717, 1.165) is 29.9 Å². The third kappa shape index (κ3) is 2.91. The number of hydrogen-bond acceptors (Lipinski definition) is 2. The van der Waals surface area contributed by atoms with E-state index in [-0.39, 0.29) is 0 Å². The minimum atomic E-state index is 0.913. The molecule has 0 amide bonds. The Hall–Kier alpha value is -2.35. The van der Waals surface area contributed by atoms with Crippen LogP contribution in [0.3, 0.4) is 0 Å². The molecule has 19 heavy (non-hydrogen) atoms. The Morgan fingerprint density at radius 2 is 1.74 bits per heavy atom. The van der Waals surface area contributed by atoms with E-state index in [9.17, 15) is 0 Å². The van der Waals surface area contributed by atoms with Gasteiger partial charge in [0.2, 0.25) is 0 Å². The van der Waals surface area contributed by atoms with E-state index in [2.05, 4.69) is 35.3 Å². The van der Waals surface area contributed by atoms with Gasteiger partial charge in [-0.05, 0) is 42.7 Å². The van der Waals surface area contributed by atoms with Gasteiger partial charge < -0.3 is 4.42 Å². The summed E-state index contributed by atoms with van der Waals surface area (Å²) < 4.78 is 5.38. The molecule has 0 bridgehead atoms. The van der Waals surface area contributed by atoms with Crippen molar-refractivity contribution in [3.05, 3.63) is 78.3 Å². The van der Waals surface area contributed by atoms with Crippen LogP contribution in [-0.2, 0) is 12.8 Å². The summed E-state index contributed by atoms with van der Waals surface area (Å²) in [6.45, 7) is 0. The predicted molar refractivity (Wildman–Crippen MR) is 75.8 cm³/mol. The standard InChI is InChI=1S/C17H15NO/c1-2-12-18-16(4-1)11-8-14-6-9-15(10-7-14)17-5-3-13-19-17/h1-7,9-10,12-13H,8,11H2. The molecule has 1 aromatic carbocycles. The molecule has 0 fully saturated rings. The lowest BCUT2D eigenvalue weighted by molar-refractivity contribution is 0.582. The van der Waals surface area contributed by atoms with Crippen LogP contribution >= 0.6 is 0 Å². The van der Waals surface area contributed by atoms with Crippen molar-refractivity contribution in [1.29, 1.82) is 0 Å². The summed E-state index contributed by atoms with van der Waals surface area (Å²) in [5, 5.41) is 0. The van der Waals surface area contributed by atoms with Crippen molar-refractivity contribution in [2.75, 3.05) is 0 Å². The Morgan fingerprint density at radius 1 is 0.842 bits per heavy atom. The van der Waals surface area contributed by atoms with Crippen LogP contribution in [0.4, 0.5) is 0 Å². The maximum absolute atomic E-state index is 5.38. The number of rotatable bonds is 4. The van der Waals surface area contributed by atoms with Gasteiger partial charge in [0.05, 0.1) is 6.26 Å². The molecule has 0 aliphatic heterocycles. The Labute approximate surface area is 112 Å². The van der Waals surface area contributed by atoms with Gasteiger partial charge in [-0.2, -0.15) is 0 Å². The van der Waals surface area contributed by atoms with Gasteiger partial charge in [-0.3, -0.25) is 4.98 Å². The molecule has 0 N–H and O–H groups in total. The highest BCUT2D eigenvalue weighted by Gasteiger charge is 2.01. The second-order valence-electron chi connectivity index (χ2n) is 4.50. The molecule has 0 radical (unpaired) electrons. The lowest BCUT2D eigenvalue weighted by Gasteiger charge is -2.03. The summed E-state index contributed by atoms with van der Waals surface area (Å²) >= 11 is 0. The lowest BCUT2D eigenvalue weighted by Crippen LogP contribution is -1.93. The van der Waals surface area contributed by atoms with Crippen molar-refractivity contribution in [2.24, 2.45) is 0 Å². The normalized spacial score (nSPS) is 10.5. The zero-order valence-electron chi connectivity index (χ0n) is 10.6. The lowest BCUT2D eigenvalue weighted by atomic mass is 10.0. The highest BCUT2D eigenvalue weighted by atomic mass is 16.3. The van der Waals surface area contributed by atoms with Crippen LogP contribution in [0.2, 0.25) is 0 Å². The Kier molecular flexibility index (Phi) is 3.41. The van der Waals surface area contributed by atoms with E-state index >= 15 is 0 Å². The summed E-state index contributed by atoms with van der Waals surface area (Å²) in [6.07, 6.45) is 5.52. The second-order valence-corrected chi connectivity index (χ2v) is 4.50. The van der Waals surface area contributed by atoms with Crippen LogP contribution < -0.4 is 0 Å². The van der Waals surface area contributed by atoms with Gasteiger partial charge in [0, 0.05) is 17.5 Å². The molecule has 0 saturated carbocycles. The molecule has 94 valence electrons. The first kappa shape index (κ1) is 11.7. The maximum Gasteiger partial charge on any atom is 0.133 e. The average Bonchev–Trinajstić information content (AvgIpc) is 3.01. The van der Waals surface area contributed by atoms with Gasteiger partial charge >= 0.3 is 0 Å². The molecular weight excluding hydrogens is 234 g/mol. The van der Waals surface area contributed by atoms with Crippen molar-refractivity contribution in [3.63, 3.8) is 0 Å². The molecule has 0 saturated heterocycles. The van der Waals surface area contributed by atoms with Crippen molar-refractivity contribution >= 4 is 0 Å². The van der Waals surface area contributed by atoms with Gasteiger partial charge in [0.15, 0.2) is 0 Å². The largest absolute Gasteiger partial charge is 0.464 e. The summed E-state index contributed by atoms with van der Waals surface area (Å²) in [4.78, 5) is 4.34. The molecule has 2 heteroatoms. The van der Waals surface area contributed by atoms with Gasteiger partial charge in [-0.25, -0.2) is 0 Å². The molecular formula is C17H15NO. The molecule has 0 atom stereocenters. The van der Waals surface area contributed by atoms with Gasteiger partial charge in [-0.1, -0.05) is 30.3 Å². The molecule has 3 rings (SSSR count). The summed E-state index contributed by atoms with van der Waals surface area (Å²) in [7, 11) is 0. The smallest absolute Gasteiger partial charge is 0.133 e. The number of aryl methyl sites for hydroxylation is 2. The molecule has 2 nitrogen and oxygen atoms in total. The first-order chi connectivity index (χ1) is 9.42. The van der Waals surface area contributed by atoms with E-state index in [0.29, 0.717) is 0 Å². The third-order valence-corrected chi connectivity index (χ3v) is 3.16. The van der Waals surface area contributed by atoms with Crippen molar-refractivity contribution in [1.82, 2.24) is 4.98 Å². The number of hydrogen-bond donors (Lipinski definition) is 0. The van der Waals surface area contributed by atoms with E-state index in [1.807, 2.05) is 30.5 Å². The molecule has 0 unspecified atom stereocenters. The monoisotopic (exact) mass is 249 g/mol. The Morgan fingerprint density at radius 3 is 2.42 bits per heavy atom. The zero-order chi connectivity index (χ0) is 12.9. The quantitative estimate of drug-likeness (QED) is 0.695. The highest BCUT2D eigenvalue weighted by molar-refractivity contribution is 5.57. The van der Waals surface area contributed by atoms with E-state index in [1.54, 1.807) is 6.26 Å². The fourth-order valence-electron chi connectivity index (χ4n) is 2.10. The van der Waals surface area contributed by atoms with Crippen LogP contribution in [0.25, 0.3) is 11.3 Å². The minimum Gasteiger partial charge on any atom is -0.464 e. The number of furan rings is 1. The molecule has 0 aliphatic rings. The summed E-state index contributed by atoms with van der Waals surface area (Å²) in [5.41, 5.74) is 3.57. The van der Waals surface area contributed by atoms with Gasteiger partial charge in [0.25, 0.3) is 0 Å². The van der Waals surface area contributed by atoms with Crippen molar-refractivity contribution < 1.29 is 4.42 Å². The summed E-state index contributed by atoms with van der Waals surface area (Å²) in [5.74, 6) is 0.913. The molecule has 2 aromatic heterocycles. The minimum absolute atomic E-state index is 0.913. The molecule has 0 spiro atoms. The van der Waals surface area contributed by atoms with Crippen LogP contribution in [0, 0.1) is 0 Å². The van der Waals surface area contributed by atoms with E-state index < -0.39 is 0 Å². The van der Waals surface area contributed by atoms with Crippen LogP contribution in [-0.4, -0.2) is 4.98 Å². The third-order valence-electron chi connectivity index (χ3n) is 3.16. The van der Waals surface area contributed by atoms with Crippen molar-refractivity contribution in [3.8, 4) is 11.3 Å². The fraction of sp³-hybridized carbons (Fsp3) is 0.118. The number of aromatic nitrogens is 1. The number of nitrogens with zero attached hydrogens (tertiary/aromatic N) is 1. The predicted octanol–water partition coefficient (Wildman–Crippen LogP) is 4.13. The maximum atomic E-state index is 5.38. The molecule has 3 aromatic rings. The Balaban J connectivity index is 1.67. The number of pyridine rings is 1. The highest BCUT2D eigenvalue weighted by Crippen LogP contribution is 2.20. The molecule has 2 heterocycles. The van der Waals surface area contributed by atoms with E-state index in [1.165, 1.54) is 5.56 Å². The van der Waals surface area contributed by atoms with Crippen LogP contribution in [0.15, 0.2) is 71.5 Å². The first-order valence-corrected chi connectivity index (χ1v) is 6.44. The van der Waals surface area contributed by atoms with Crippen molar-refractivity contribution in [2.45, 2.75) is 12.8 Å². The first-order valence-electron chi connectivity index (χ1n) is 6.44. The average molecular weight is 249 g/mol. The SMILES string of the molecule is c1ccc(CCc2ccc(-c3ccco3)cc2)nc1. The summed E-state index contributed by atoms with van der Waals surface area (Å²) in [6, 6.07) is 18.4. The molecule has 0 aliphatic carbocycles. The fourth-order valence-corrected chi connectivity index (χ4v) is 2.10. The topological polar surface area (TPSA) is 26.0 Å².